The lowest BCUT2D eigenvalue weighted by Gasteiger charge is -2.33. The number of rotatable bonds is 36. The van der Waals surface area contributed by atoms with Gasteiger partial charge in [-0.2, -0.15) is 0 Å². The highest BCUT2D eigenvalue weighted by Crippen LogP contribution is 2.21. The van der Waals surface area contributed by atoms with E-state index in [0.29, 0.717) is 131 Å². The standard InChI is InChI=1S/C33H64N4O12/c1-29(38)34-9-5-13-42-17-21-46-25-33(26-47-22-18-43-14-6-10-35-30(2)39,27-48-23-19-44-15-7-11-36-31(3)40)28-49-24-20-45-16-8-12-37-32(4)41/h5-28H2,1-4H3,(H,34,38)(H,35,39)(H,36,40)(H,37,41). The number of hydrogen-bond donors (Lipinski definition) is 4. The summed E-state index contributed by atoms with van der Waals surface area (Å²) < 4.78 is 46.7. The van der Waals surface area contributed by atoms with Gasteiger partial charge in [-0.25, -0.2) is 0 Å². The normalized spacial score (nSPS) is 11.3. The van der Waals surface area contributed by atoms with E-state index in [-0.39, 0.29) is 50.1 Å². The quantitative estimate of drug-likeness (QED) is 0.0649. The second-order valence-corrected chi connectivity index (χ2v) is 11.5. The molecule has 16 heteroatoms. The van der Waals surface area contributed by atoms with Gasteiger partial charge in [-0.15, -0.1) is 0 Å². The van der Waals surface area contributed by atoms with E-state index in [2.05, 4.69) is 21.3 Å². The molecule has 0 radical (unpaired) electrons. The maximum Gasteiger partial charge on any atom is 0.216 e. The molecule has 0 spiro atoms. The van der Waals surface area contributed by atoms with Gasteiger partial charge < -0.3 is 59.2 Å². The Labute approximate surface area is 292 Å². The van der Waals surface area contributed by atoms with Crippen molar-refractivity contribution in [2.75, 3.05) is 132 Å². The lowest BCUT2D eigenvalue weighted by molar-refractivity contribution is -0.121. The van der Waals surface area contributed by atoms with Crippen molar-refractivity contribution in [3.8, 4) is 0 Å². The van der Waals surface area contributed by atoms with E-state index in [9.17, 15) is 19.2 Å². The van der Waals surface area contributed by atoms with Crippen molar-refractivity contribution < 1.29 is 57.1 Å². The average molecular weight is 709 g/mol. The molecule has 16 nitrogen and oxygen atoms in total. The molecule has 0 aromatic rings. The molecule has 0 aromatic carbocycles. The topological polar surface area (TPSA) is 190 Å². The van der Waals surface area contributed by atoms with Crippen molar-refractivity contribution in [2.24, 2.45) is 5.41 Å². The van der Waals surface area contributed by atoms with Crippen LogP contribution in [0.5, 0.6) is 0 Å². The zero-order valence-electron chi connectivity index (χ0n) is 30.4. The van der Waals surface area contributed by atoms with Gasteiger partial charge in [-0.3, -0.25) is 19.2 Å². The lowest BCUT2D eigenvalue weighted by Crippen LogP contribution is -2.43. The van der Waals surface area contributed by atoms with Crippen molar-refractivity contribution >= 4 is 23.6 Å². The molecule has 0 saturated carbocycles. The molecule has 4 N–H and O–H groups in total. The Balaban J connectivity index is 4.96. The molecule has 0 aliphatic carbocycles. The summed E-state index contributed by atoms with van der Waals surface area (Å²) in [6.07, 6.45) is 2.83. The fraction of sp³-hybridized carbons (Fsp3) is 0.879. The number of carbonyl (C=O) groups is 4. The number of carbonyl (C=O) groups excluding carboxylic acids is 4. The van der Waals surface area contributed by atoms with Crippen molar-refractivity contribution in [1.82, 2.24) is 21.3 Å². The number of ether oxygens (including phenoxy) is 8. The van der Waals surface area contributed by atoms with E-state index in [1.54, 1.807) is 0 Å². The minimum absolute atomic E-state index is 0.0677. The van der Waals surface area contributed by atoms with E-state index >= 15 is 0 Å². The molecule has 4 amide bonds. The fourth-order valence-corrected chi connectivity index (χ4v) is 4.04. The van der Waals surface area contributed by atoms with Crippen molar-refractivity contribution in [3.05, 3.63) is 0 Å². The Morgan fingerprint density at radius 3 is 0.755 bits per heavy atom. The zero-order valence-corrected chi connectivity index (χ0v) is 30.4. The maximum absolute atomic E-state index is 11.0. The summed E-state index contributed by atoms with van der Waals surface area (Å²) in [6, 6.07) is 0. The summed E-state index contributed by atoms with van der Waals surface area (Å²) in [7, 11) is 0. The highest BCUT2D eigenvalue weighted by molar-refractivity contribution is 5.73. The van der Waals surface area contributed by atoms with Crippen LogP contribution >= 0.6 is 0 Å². The Hall–Kier alpha value is -2.44. The molecule has 0 saturated heterocycles. The van der Waals surface area contributed by atoms with Crippen molar-refractivity contribution in [2.45, 2.75) is 53.4 Å². The average Bonchev–Trinajstić information content (AvgIpc) is 3.04. The largest absolute Gasteiger partial charge is 0.379 e. The van der Waals surface area contributed by atoms with Crippen LogP contribution in [0.1, 0.15) is 53.4 Å². The van der Waals surface area contributed by atoms with Crippen molar-refractivity contribution in [1.29, 1.82) is 0 Å². The van der Waals surface area contributed by atoms with Gasteiger partial charge in [-0.05, 0) is 25.7 Å². The highest BCUT2D eigenvalue weighted by Gasteiger charge is 2.32. The molecule has 49 heavy (non-hydrogen) atoms. The number of hydrogen-bond acceptors (Lipinski definition) is 12. The first kappa shape index (κ1) is 46.6. The molecular weight excluding hydrogens is 644 g/mol. The van der Waals surface area contributed by atoms with E-state index in [1.807, 2.05) is 0 Å². The maximum atomic E-state index is 11.0. The molecular formula is C33H64N4O12. The third kappa shape index (κ3) is 35.2. The van der Waals surface area contributed by atoms with Crippen LogP contribution in [0.2, 0.25) is 0 Å². The fourth-order valence-electron chi connectivity index (χ4n) is 4.04. The summed E-state index contributed by atoms with van der Waals surface area (Å²) >= 11 is 0. The molecule has 0 aliphatic rings. The van der Waals surface area contributed by atoms with Crippen LogP contribution in [-0.4, -0.2) is 156 Å². The second kappa shape index (κ2) is 34.0. The summed E-state index contributed by atoms with van der Waals surface area (Å²) in [5.41, 5.74) is -0.645. The molecule has 0 heterocycles. The molecule has 288 valence electrons. The van der Waals surface area contributed by atoms with Gasteiger partial charge in [0.2, 0.25) is 23.6 Å². The number of amides is 4. The summed E-state index contributed by atoms with van der Waals surface area (Å²) in [6.45, 7) is 14.3. The van der Waals surface area contributed by atoms with E-state index in [0.717, 1.165) is 0 Å². The first-order valence-electron chi connectivity index (χ1n) is 17.3. The Morgan fingerprint density at radius 1 is 0.347 bits per heavy atom. The van der Waals surface area contributed by atoms with Gasteiger partial charge in [0.05, 0.1) is 84.7 Å². The van der Waals surface area contributed by atoms with Crippen LogP contribution in [0.4, 0.5) is 0 Å². The first-order chi connectivity index (χ1) is 23.7. The van der Waals surface area contributed by atoms with Crippen LogP contribution in [0.25, 0.3) is 0 Å². The summed E-state index contributed by atoms with van der Waals surface area (Å²) in [5, 5.41) is 11.0. The third-order valence-electron chi connectivity index (χ3n) is 6.48. The van der Waals surface area contributed by atoms with Gasteiger partial charge in [0.15, 0.2) is 0 Å². The van der Waals surface area contributed by atoms with Gasteiger partial charge in [0.25, 0.3) is 0 Å². The zero-order chi connectivity index (χ0) is 36.3. The highest BCUT2D eigenvalue weighted by atomic mass is 16.6. The molecule has 0 rings (SSSR count). The molecule has 0 aliphatic heterocycles. The van der Waals surface area contributed by atoms with Gasteiger partial charge in [0, 0.05) is 80.3 Å². The van der Waals surface area contributed by atoms with Crippen LogP contribution in [-0.2, 0) is 57.1 Å². The van der Waals surface area contributed by atoms with E-state index in [1.165, 1.54) is 27.7 Å². The molecule has 0 fully saturated rings. The molecule has 0 aromatic heterocycles. The Morgan fingerprint density at radius 2 is 0.551 bits per heavy atom. The Kier molecular flexibility index (Phi) is 32.3. The smallest absolute Gasteiger partial charge is 0.216 e. The second-order valence-electron chi connectivity index (χ2n) is 11.5. The monoisotopic (exact) mass is 708 g/mol. The van der Waals surface area contributed by atoms with Gasteiger partial charge in [-0.1, -0.05) is 0 Å². The molecule has 0 bridgehead atoms. The van der Waals surface area contributed by atoms with Gasteiger partial charge in [0.1, 0.15) is 0 Å². The third-order valence-corrected chi connectivity index (χ3v) is 6.48. The van der Waals surface area contributed by atoms with Crippen LogP contribution in [0.3, 0.4) is 0 Å². The minimum atomic E-state index is -0.645. The SMILES string of the molecule is CC(=O)NCCCOCCOCC(COCCOCCCNC(C)=O)(COCCOCCCNC(C)=O)COCCOCCCNC(C)=O. The lowest BCUT2D eigenvalue weighted by atomic mass is 9.92. The van der Waals surface area contributed by atoms with Crippen molar-refractivity contribution in [3.63, 3.8) is 0 Å². The minimum Gasteiger partial charge on any atom is -0.379 e. The summed E-state index contributed by atoms with van der Waals surface area (Å²) in [5.74, 6) is -0.271. The Bertz CT molecular complexity index is 704. The predicted molar refractivity (Wildman–Crippen MR) is 182 cm³/mol. The number of nitrogens with one attached hydrogen (secondary N) is 4. The van der Waals surface area contributed by atoms with E-state index < -0.39 is 5.41 Å². The van der Waals surface area contributed by atoms with Crippen LogP contribution in [0, 0.1) is 5.41 Å². The molecule has 0 unspecified atom stereocenters. The van der Waals surface area contributed by atoms with Gasteiger partial charge >= 0.3 is 0 Å². The van der Waals surface area contributed by atoms with Crippen LogP contribution in [0.15, 0.2) is 0 Å². The first-order valence-corrected chi connectivity index (χ1v) is 17.3. The predicted octanol–water partition coefficient (Wildman–Crippen LogP) is 0.210. The van der Waals surface area contributed by atoms with E-state index in [4.69, 9.17) is 37.9 Å². The molecule has 0 atom stereocenters. The van der Waals surface area contributed by atoms with Crippen LogP contribution < -0.4 is 21.3 Å². The summed E-state index contributed by atoms with van der Waals surface area (Å²) in [4.78, 5) is 44.0.